The van der Waals surface area contributed by atoms with Crippen LogP contribution in [0.1, 0.15) is 19.8 Å². The number of rotatable bonds is 5. The fourth-order valence-corrected chi connectivity index (χ4v) is 2.74. The molecule has 25 heavy (non-hydrogen) atoms. The van der Waals surface area contributed by atoms with Crippen molar-refractivity contribution in [1.82, 2.24) is 14.9 Å². The van der Waals surface area contributed by atoms with E-state index in [-0.39, 0.29) is 23.5 Å². The van der Waals surface area contributed by atoms with E-state index in [0.29, 0.717) is 5.52 Å². The second-order valence-corrected chi connectivity index (χ2v) is 6.27. The van der Waals surface area contributed by atoms with Gasteiger partial charge in [-0.15, -0.1) is 0 Å². The lowest BCUT2D eigenvalue weighted by Crippen LogP contribution is -2.48. The van der Waals surface area contributed by atoms with Crippen molar-refractivity contribution in [1.29, 1.82) is 5.26 Å². The average molecular weight is 341 g/mol. The molecule has 2 aromatic rings. The summed E-state index contributed by atoms with van der Waals surface area (Å²) in [6.45, 7) is 1.35. The Bertz CT molecular complexity index is 973. The van der Waals surface area contributed by atoms with Gasteiger partial charge in [-0.25, -0.2) is 4.98 Å². The molecular formula is C16H15N5O4. The number of nitro groups is 1. The first-order valence-corrected chi connectivity index (χ1v) is 7.70. The molecule has 1 aromatic carbocycles. The number of hydrogen-bond acceptors (Lipinski definition) is 6. The van der Waals surface area contributed by atoms with E-state index >= 15 is 0 Å². The number of nitrogens with one attached hydrogen (secondary N) is 1. The molecule has 0 saturated heterocycles. The van der Waals surface area contributed by atoms with Gasteiger partial charge in [-0.05, 0) is 31.7 Å². The minimum Gasteiger partial charge on any atom is -0.336 e. The van der Waals surface area contributed by atoms with Crippen molar-refractivity contribution in [3.05, 3.63) is 45.0 Å². The van der Waals surface area contributed by atoms with Gasteiger partial charge in [-0.3, -0.25) is 24.3 Å². The van der Waals surface area contributed by atoms with E-state index < -0.39 is 21.9 Å². The van der Waals surface area contributed by atoms with Crippen molar-refractivity contribution < 1.29 is 9.72 Å². The summed E-state index contributed by atoms with van der Waals surface area (Å²) in [6, 6.07) is 5.90. The standard InChI is InChI=1S/C16H15N5O4/c1-16(8-17,10-2-3-10)19-14(22)7-20-9-18-13-5-4-11(21(24)25)6-12(13)15(20)23/h4-6,9-10H,2-3,7H2,1H3,(H,19,22)/t16-/m0/s1. The van der Waals surface area contributed by atoms with Crippen LogP contribution in [-0.4, -0.2) is 25.9 Å². The van der Waals surface area contributed by atoms with E-state index in [1.165, 1.54) is 18.5 Å². The number of benzene rings is 1. The summed E-state index contributed by atoms with van der Waals surface area (Å²) in [6.07, 6.45) is 2.98. The molecule has 0 aliphatic heterocycles. The highest BCUT2D eigenvalue weighted by atomic mass is 16.6. The van der Waals surface area contributed by atoms with Crippen LogP contribution >= 0.6 is 0 Å². The maximum absolute atomic E-state index is 12.5. The maximum Gasteiger partial charge on any atom is 0.270 e. The van der Waals surface area contributed by atoms with Crippen LogP contribution in [0.5, 0.6) is 0 Å². The van der Waals surface area contributed by atoms with Crippen LogP contribution < -0.4 is 10.9 Å². The Morgan fingerprint density at radius 2 is 2.28 bits per heavy atom. The monoisotopic (exact) mass is 341 g/mol. The highest BCUT2D eigenvalue weighted by Gasteiger charge is 2.43. The Labute approximate surface area is 142 Å². The lowest BCUT2D eigenvalue weighted by molar-refractivity contribution is -0.384. The van der Waals surface area contributed by atoms with Crippen LogP contribution in [0.4, 0.5) is 5.69 Å². The van der Waals surface area contributed by atoms with Crippen LogP contribution in [0.15, 0.2) is 29.3 Å². The van der Waals surface area contributed by atoms with Gasteiger partial charge in [0.05, 0.1) is 28.2 Å². The molecule has 1 heterocycles. The number of hydrogen-bond donors (Lipinski definition) is 1. The molecule has 1 saturated carbocycles. The van der Waals surface area contributed by atoms with Gasteiger partial charge in [0.15, 0.2) is 0 Å². The predicted molar refractivity (Wildman–Crippen MR) is 87.5 cm³/mol. The molecule has 3 rings (SSSR count). The molecule has 9 nitrogen and oxygen atoms in total. The second kappa shape index (κ2) is 5.98. The zero-order chi connectivity index (χ0) is 18.2. The zero-order valence-corrected chi connectivity index (χ0v) is 13.4. The fraction of sp³-hybridized carbons (Fsp3) is 0.375. The largest absolute Gasteiger partial charge is 0.336 e. The van der Waals surface area contributed by atoms with Gasteiger partial charge < -0.3 is 5.32 Å². The SMILES string of the molecule is C[C@@](C#N)(NC(=O)Cn1cnc2ccc([N+](=O)[O-])cc2c1=O)C1CC1. The third-order valence-corrected chi connectivity index (χ3v) is 4.36. The molecule has 1 amide bonds. The first kappa shape index (κ1) is 16.6. The molecule has 9 heteroatoms. The molecule has 0 radical (unpaired) electrons. The summed E-state index contributed by atoms with van der Waals surface area (Å²) in [5.74, 6) is -0.361. The minimum atomic E-state index is -0.955. The second-order valence-electron chi connectivity index (χ2n) is 6.27. The summed E-state index contributed by atoms with van der Waals surface area (Å²) in [4.78, 5) is 39.0. The van der Waals surface area contributed by atoms with Gasteiger partial charge in [0, 0.05) is 12.1 Å². The number of fused-ring (bicyclic) bond motifs is 1. The van der Waals surface area contributed by atoms with E-state index in [1.54, 1.807) is 6.92 Å². The van der Waals surface area contributed by atoms with Gasteiger partial charge in [-0.1, -0.05) is 0 Å². The molecule has 1 aliphatic rings. The van der Waals surface area contributed by atoms with Crippen molar-refractivity contribution in [2.24, 2.45) is 5.92 Å². The number of nitro benzene ring substituents is 1. The van der Waals surface area contributed by atoms with Gasteiger partial charge in [0.1, 0.15) is 12.1 Å². The number of non-ortho nitro benzene ring substituents is 1. The molecule has 1 aliphatic carbocycles. The third kappa shape index (κ3) is 3.19. The third-order valence-electron chi connectivity index (χ3n) is 4.36. The molecule has 0 bridgehead atoms. The van der Waals surface area contributed by atoms with E-state index in [4.69, 9.17) is 0 Å². The van der Waals surface area contributed by atoms with Crippen molar-refractivity contribution >= 4 is 22.5 Å². The van der Waals surface area contributed by atoms with Gasteiger partial charge in [0.2, 0.25) is 5.91 Å². The van der Waals surface area contributed by atoms with Crippen molar-refractivity contribution in [3.63, 3.8) is 0 Å². The molecule has 1 atom stereocenters. The van der Waals surface area contributed by atoms with Crippen LogP contribution in [0, 0.1) is 27.4 Å². The van der Waals surface area contributed by atoms with Crippen LogP contribution in [0.3, 0.4) is 0 Å². The van der Waals surface area contributed by atoms with Crippen molar-refractivity contribution in [2.75, 3.05) is 0 Å². The number of carbonyl (C=O) groups excluding carboxylic acids is 1. The molecule has 1 N–H and O–H groups in total. The summed E-state index contributed by atoms with van der Waals surface area (Å²) >= 11 is 0. The molecule has 0 unspecified atom stereocenters. The lowest BCUT2D eigenvalue weighted by Gasteiger charge is -2.23. The summed E-state index contributed by atoms with van der Waals surface area (Å²) < 4.78 is 1.08. The Kier molecular flexibility index (Phi) is 3.96. The predicted octanol–water partition coefficient (Wildman–Crippen LogP) is 1.11. The Morgan fingerprint density at radius 3 is 2.88 bits per heavy atom. The van der Waals surface area contributed by atoms with Gasteiger partial charge in [0.25, 0.3) is 11.2 Å². The minimum absolute atomic E-state index is 0.0646. The summed E-state index contributed by atoms with van der Waals surface area (Å²) in [5.41, 5.74) is -1.41. The topological polar surface area (TPSA) is 131 Å². The van der Waals surface area contributed by atoms with Crippen LogP contribution in [0.25, 0.3) is 10.9 Å². The average Bonchev–Trinajstić information content (AvgIpc) is 3.42. The first-order valence-electron chi connectivity index (χ1n) is 7.70. The van der Waals surface area contributed by atoms with Crippen LogP contribution in [0.2, 0.25) is 0 Å². The Morgan fingerprint density at radius 1 is 1.56 bits per heavy atom. The highest BCUT2D eigenvalue weighted by Crippen LogP contribution is 2.39. The van der Waals surface area contributed by atoms with Crippen LogP contribution in [-0.2, 0) is 11.3 Å². The Hall–Kier alpha value is -3.28. The lowest BCUT2D eigenvalue weighted by atomic mass is 9.98. The molecule has 0 spiro atoms. The molecular weight excluding hydrogens is 326 g/mol. The number of nitriles is 1. The first-order chi connectivity index (χ1) is 11.8. The summed E-state index contributed by atoms with van der Waals surface area (Å²) in [7, 11) is 0. The number of amides is 1. The normalized spacial score (nSPS) is 16.0. The van der Waals surface area contributed by atoms with E-state index in [2.05, 4.69) is 16.4 Å². The molecule has 1 aromatic heterocycles. The van der Waals surface area contributed by atoms with Gasteiger partial charge >= 0.3 is 0 Å². The number of nitrogens with zero attached hydrogens (tertiary/aromatic N) is 4. The summed E-state index contributed by atoms with van der Waals surface area (Å²) in [5, 5.41) is 22.9. The molecule has 1 fully saturated rings. The number of aromatic nitrogens is 2. The van der Waals surface area contributed by atoms with Crippen molar-refractivity contribution in [2.45, 2.75) is 31.8 Å². The van der Waals surface area contributed by atoms with Gasteiger partial charge in [-0.2, -0.15) is 5.26 Å². The smallest absolute Gasteiger partial charge is 0.270 e. The zero-order valence-electron chi connectivity index (χ0n) is 13.4. The van der Waals surface area contributed by atoms with E-state index in [0.717, 1.165) is 23.5 Å². The number of carbonyl (C=O) groups is 1. The van der Waals surface area contributed by atoms with E-state index in [9.17, 15) is 25.0 Å². The molecule has 128 valence electrons. The maximum atomic E-state index is 12.5. The van der Waals surface area contributed by atoms with E-state index in [1.807, 2.05) is 0 Å². The Balaban J connectivity index is 1.87. The van der Waals surface area contributed by atoms with Crippen molar-refractivity contribution in [3.8, 4) is 6.07 Å². The fourth-order valence-electron chi connectivity index (χ4n) is 2.74. The quantitative estimate of drug-likeness (QED) is 0.640. The highest BCUT2D eigenvalue weighted by molar-refractivity contribution is 5.81.